The SMILES string of the molecule is CCCCCCCCCCCCCCCCCC(=O)NC(CCSC)C(=O)O.[H-].[Na+]. The molecule has 0 aliphatic rings. The molecule has 29 heavy (non-hydrogen) atoms. The Morgan fingerprint density at radius 1 is 0.828 bits per heavy atom. The number of nitrogens with one attached hydrogen (secondary N) is 1. The number of aliphatic carboxylic acids is 1. The fourth-order valence-electron chi connectivity index (χ4n) is 3.42. The van der Waals surface area contributed by atoms with Crippen molar-refractivity contribution in [1.29, 1.82) is 0 Å². The maximum atomic E-state index is 11.9. The maximum Gasteiger partial charge on any atom is 1.00 e. The predicted octanol–water partition coefficient (Wildman–Crippen LogP) is 3.69. The Morgan fingerprint density at radius 2 is 1.24 bits per heavy atom. The molecule has 4 nitrogen and oxygen atoms in total. The molecular formula is C23H46NNaO3S. The van der Waals surface area contributed by atoms with Crippen LogP contribution in [-0.2, 0) is 9.59 Å². The number of carboxylic acid groups (broad SMARTS) is 1. The molecule has 168 valence electrons. The molecule has 1 amide bonds. The van der Waals surface area contributed by atoms with Gasteiger partial charge in [0.25, 0.3) is 0 Å². The van der Waals surface area contributed by atoms with Gasteiger partial charge in [0.05, 0.1) is 0 Å². The van der Waals surface area contributed by atoms with E-state index in [1.54, 1.807) is 11.8 Å². The predicted molar refractivity (Wildman–Crippen MR) is 123 cm³/mol. The van der Waals surface area contributed by atoms with Crippen molar-refractivity contribution in [1.82, 2.24) is 5.32 Å². The van der Waals surface area contributed by atoms with E-state index < -0.39 is 12.0 Å². The molecular weight excluding hydrogens is 393 g/mol. The van der Waals surface area contributed by atoms with E-state index in [2.05, 4.69) is 12.2 Å². The third kappa shape index (κ3) is 22.8. The summed E-state index contributed by atoms with van der Waals surface area (Å²) in [7, 11) is 0. The molecule has 0 heterocycles. The van der Waals surface area contributed by atoms with Crippen molar-refractivity contribution in [3.63, 3.8) is 0 Å². The zero-order valence-electron chi connectivity index (χ0n) is 20.5. The summed E-state index contributed by atoms with van der Waals surface area (Å²) in [4.78, 5) is 23.0. The van der Waals surface area contributed by atoms with Crippen LogP contribution < -0.4 is 34.9 Å². The van der Waals surface area contributed by atoms with Crippen LogP contribution in [0.5, 0.6) is 0 Å². The van der Waals surface area contributed by atoms with Gasteiger partial charge in [0.2, 0.25) is 5.91 Å². The van der Waals surface area contributed by atoms with Crippen LogP contribution in [0.25, 0.3) is 0 Å². The number of unbranched alkanes of at least 4 members (excludes halogenated alkanes) is 14. The summed E-state index contributed by atoms with van der Waals surface area (Å²) in [6.45, 7) is 2.27. The average molecular weight is 440 g/mol. The first-order valence-electron chi connectivity index (χ1n) is 11.6. The monoisotopic (exact) mass is 439 g/mol. The number of hydrogen-bond donors (Lipinski definition) is 2. The molecule has 2 N–H and O–H groups in total. The first-order chi connectivity index (χ1) is 13.6. The second-order valence-corrected chi connectivity index (χ2v) is 8.93. The second kappa shape index (κ2) is 24.6. The van der Waals surface area contributed by atoms with Crippen LogP contribution in [0.4, 0.5) is 0 Å². The van der Waals surface area contributed by atoms with E-state index in [-0.39, 0.29) is 36.9 Å². The van der Waals surface area contributed by atoms with Crippen LogP contribution in [0.1, 0.15) is 118 Å². The minimum atomic E-state index is -0.932. The number of hydrogen-bond acceptors (Lipinski definition) is 3. The first kappa shape index (κ1) is 31.5. The quantitative estimate of drug-likeness (QED) is 0.211. The van der Waals surface area contributed by atoms with Crippen molar-refractivity contribution in [2.75, 3.05) is 12.0 Å². The number of carboxylic acids is 1. The van der Waals surface area contributed by atoms with E-state index >= 15 is 0 Å². The van der Waals surface area contributed by atoms with Crippen molar-refractivity contribution in [3.8, 4) is 0 Å². The number of thioether (sulfide) groups is 1. The fraction of sp³-hybridized carbons (Fsp3) is 0.913. The molecule has 1 unspecified atom stereocenters. The third-order valence-electron chi connectivity index (χ3n) is 5.25. The molecule has 0 aromatic rings. The van der Waals surface area contributed by atoms with Crippen LogP contribution in [0.15, 0.2) is 0 Å². The summed E-state index contributed by atoms with van der Waals surface area (Å²) in [5, 5.41) is 11.8. The van der Waals surface area contributed by atoms with Crippen LogP contribution in [0.3, 0.4) is 0 Å². The van der Waals surface area contributed by atoms with Crippen LogP contribution >= 0.6 is 11.8 Å². The van der Waals surface area contributed by atoms with Crippen molar-refractivity contribution < 1.29 is 45.7 Å². The van der Waals surface area contributed by atoms with Gasteiger partial charge in [-0.3, -0.25) is 4.79 Å². The molecule has 0 aromatic heterocycles. The molecule has 0 aliphatic heterocycles. The van der Waals surface area contributed by atoms with Gasteiger partial charge in [0.15, 0.2) is 0 Å². The normalized spacial score (nSPS) is 11.7. The third-order valence-corrected chi connectivity index (χ3v) is 5.90. The van der Waals surface area contributed by atoms with Gasteiger partial charge in [0, 0.05) is 6.42 Å². The standard InChI is InChI=1S/C23H45NO3S.Na.H/c1-3-4-5-6-7-8-9-10-11-12-13-14-15-16-17-18-22(25)24-21(23(26)27)19-20-28-2;;/h21H,3-20H2,1-2H3,(H,24,25)(H,26,27);;/q;+1;-1. The molecule has 0 fully saturated rings. The van der Waals surface area contributed by atoms with Crippen LogP contribution in [0.2, 0.25) is 0 Å². The Hall–Kier alpha value is 0.290. The van der Waals surface area contributed by atoms with Crippen molar-refractivity contribution in [2.24, 2.45) is 0 Å². The Bertz CT molecular complexity index is 389. The van der Waals surface area contributed by atoms with E-state index in [1.165, 1.54) is 83.5 Å². The summed E-state index contributed by atoms with van der Waals surface area (Å²) >= 11 is 1.60. The van der Waals surface area contributed by atoms with Crippen LogP contribution in [-0.4, -0.2) is 35.0 Å². The number of rotatable bonds is 21. The second-order valence-electron chi connectivity index (χ2n) is 7.94. The number of amides is 1. The summed E-state index contributed by atoms with van der Waals surface area (Å²) in [5.41, 5.74) is 0. The molecule has 0 rings (SSSR count). The zero-order chi connectivity index (χ0) is 20.9. The van der Waals surface area contributed by atoms with Gasteiger partial charge in [-0.1, -0.05) is 96.8 Å². The van der Waals surface area contributed by atoms with Gasteiger partial charge in [-0.05, 0) is 24.9 Å². The Kier molecular flexibility index (Phi) is 26.7. The van der Waals surface area contributed by atoms with Gasteiger partial charge in [-0.2, -0.15) is 11.8 Å². The van der Waals surface area contributed by atoms with Crippen molar-refractivity contribution >= 4 is 23.6 Å². The topological polar surface area (TPSA) is 66.4 Å². The van der Waals surface area contributed by atoms with Gasteiger partial charge in [-0.25, -0.2) is 4.79 Å². The molecule has 0 radical (unpaired) electrons. The largest absolute Gasteiger partial charge is 1.00 e. The average Bonchev–Trinajstić information content (AvgIpc) is 2.67. The molecule has 0 spiro atoms. The van der Waals surface area contributed by atoms with Gasteiger partial charge in [-0.15, -0.1) is 0 Å². The number of carbonyl (C=O) groups is 2. The van der Waals surface area contributed by atoms with Crippen LogP contribution in [0, 0.1) is 0 Å². The first-order valence-corrected chi connectivity index (χ1v) is 13.0. The molecule has 0 bridgehead atoms. The minimum absolute atomic E-state index is 0. The Balaban J connectivity index is -0.00000364. The summed E-state index contributed by atoms with van der Waals surface area (Å²) in [6, 6.07) is -0.740. The number of carbonyl (C=O) groups excluding carboxylic acids is 1. The Morgan fingerprint density at radius 3 is 1.62 bits per heavy atom. The summed E-state index contributed by atoms with van der Waals surface area (Å²) in [5.74, 6) is -0.307. The Labute approximate surface area is 207 Å². The minimum Gasteiger partial charge on any atom is -1.00 e. The molecule has 0 saturated heterocycles. The zero-order valence-corrected chi connectivity index (χ0v) is 22.3. The van der Waals surface area contributed by atoms with E-state index in [1.807, 2.05) is 6.26 Å². The smallest absolute Gasteiger partial charge is 1.00 e. The fourth-order valence-corrected chi connectivity index (χ4v) is 3.89. The van der Waals surface area contributed by atoms with Gasteiger partial charge in [0.1, 0.15) is 6.04 Å². The van der Waals surface area contributed by atoms with E-state index in [0.717, 1.165) is 18.6 Å². The van der Waals surface area contributed by atoms with Gasteiger partial charge < -0.3 is 11.8 Å². The van der Waals surface area contributed by atoms with E-state index in [4.69, 9.17) is 5.11 Å². The molecule has 0 aliphatic carbocycles. The summed E-state index contributed by atoms with van der Waals surface area (Å²) in [6.07, 6.45) is 22.4. The summed E-state index contributed by atoms with van der Waals surface area (Å²) < 4.78 is 0. The maximum absolute atomic E-state index is 11.9. The molecule has 1 atom stereocenters. The van der Waals surface area contributed by atoms with Gasteiger partial charge >= 0.3 is 35.5 Å². The van der Waals surface area contributed by atoms with E-state index in [9.17, 15) is 9.59 Å². The van der Waals surface area contributed by atoms with Crippen molar-refractivity contribution in [2.45, 2.75) is 122 Å². The van der Waals surface area contributed by atoms with Crippen molar-refractivity contribution in [3.05, 3.63) is 0 Å². The molecule has 0 saturated carbocycles. The molecule has 6 heteroatoms. The van der Waals surface area contributed by atoms with E-state index in [0.29, 0.717) is 12.8 Å². The molecule has 0 aromatic carbocycles.